The molecule has 0 aliphatic rings. The third-order valence-corrected chi connectivity index (χ3v) is 3.87. The molecule has 0 aliphatic heterocycles. The molecule has 3 rings (SSSR count). The molecule has 1 N–H and O–H groups in total. The molecule has 0 unspecified atom stereocenters. The van der Waals surface area contributed by atoms with Gasteiger partial charge in [0.1, 0.15) is 6.54 Å². The molecule has 0 saturated heterocycles. The Bertz CT molecular complexity index is 1130. The Morgan fingerprint density at radius 1 is 1.10 bits per heavy atom. The van der Waals surface area contributed by atoms with Crippen LogP contribution >= 0.6 is 0 Å². The normalized spacial score (nSPS) is 11.3. The Balaban J connectivity index is 1.58. The number of carbonyl (C=O) groups is 2. The van der Waals surface area contributed by atoms with Crippen LogP contribution in [0.25, 0.3) is 10.9 Å². The minimum absolute atomic E-state index is 0.0872. The second kappa shape index (κ2) is 8.13. The van der Waals surface area contributed by atoms with Gasteiger partial charge in [-0.05, 0) is 30.3 Å². The molecule has 10 heteroatoms. The average Bonchev–Trinajstić information content (AvgIpc) is 2.68. The maximum Gasteiger partial charge on any atom is 0.416 e. The summed E-state index contributed by atoms with van der Waals surface area (Å²) in [4.78, 5) is 40.1. The number of para-hydroxylation sites is 1. The first kappa shape index (κ1) is 20.1. The first-order valence-corrected chi connectivity index (χ1v) is 8.31. The molecule has 7 nitrogen and oxygen atoms in total. The number of alkyl halides is 3. The number of amides is 1. The first-order chi connectivity index (χ1) is 13.7. The van der Waals surface area contributed by atoms with Crippen LogP contribution < -0.4 is 10.9 Å². The number of carbonyl (C=O) groups excluding carboxylic acids is 2. The summed E-state index contributed by atoms with van der Waals surface area (Å²) in [6.07, 6.45) is -3.36. The zero-order chi connectivity index (χ0) is 21.0. The van der Waals surface area contributed by atoms with E-state index in [1.54, 1.807) is 24.3 Å². The summed E-state index contributed by atoms with van der Waals surface area (Å²) >= 11 is 0. The molecule has 29 heavy (non-hydrogen) atoms. The number of anilines is 1. The fraction of sp³-hybridized carbons (Fsp3) is 0.158. The molecule has 0 fully saturated rings. The number of nitrogens with one attached hydrogen (secondary N) is 1. The highest BCUT2D eigenvalue weighted by molar-refractivity contribution is 5.92. The van der Waals surface area contributed by atoms with Gasteiger partial charge >= 0.3 is 12.1 Å². The monoisotopic (exact) mass is 405 g/mol. The Hall–Kier alpha value is -3.69. The fourth-order valence-corrected chi connectivity index (χ4v) is 2.52. The lowest BCUT2D eigenvalue weighted by atomic mass is 10.2. The third-order valence-electron chi connectivity index (χ3n) is 3.87. The maximum atomic E-state index is 12.7. The molecule has 0 aliphatic carbocycles. The van der Waals surface area contributed by atoms with Crippen molar-refractivity contribution in [3.05, 3.63) is 70.8 Å². The molecule has 0 saturated carbocycles. The van der Waals surface area contributed by atoms with Gasteiger partial charge in [0.2, 0.25) is 0 Å². The summed E-state index contributed by atoms with van der Waals surface area (Å²) in [6, 6.07) is 10.6. The molecule has 2 aromatic carbocycles. The van der Waals surface area contributed by atoms with Crippen molar-refractivity contribution in [1.29, 1.82) is 0 Å². The highest BCUT2D eigenvalue weighted by atomic mass is 19.4. The van der Waals surface area contributed by atoms with Crippen molar-refractivity contribution in [2.45, 2.75) is 12.7 Å². The van der Waals surface area contributed by atoms with Gasteiger partial charge in [0.15, 0.2) is 6.61 Å². The van der Waals surface area contributed by atoms with Gasteiger partial charge in [-0.3, -0.25) is 19.0 Å². The van der Waals surface area contributed by atoms with E-state index in [4.69, 9.17) is 4.74 Å². The highest BCUT2D eigenvalue weighted by Crippen LogP contribution is 2.30. The second-order valence-electron chi connectivity index (χ2n) is 5.98. The number of hydrogen-bond acceptors (Lipinski definition) is 5. The van der Waals surface area contributed by atoms with Crippen LogP contribution in [0.3, 0.4) is 0 Å². The lowest BCUT2D eigenvalue weighted by molar-refractivity contribution is -0.147. The lowest BCUT2D eigenvalue weighted by Crippen LogP contribution is -2.28. The van der Waals surface area contributed by atoms with Crippen molar-refractivity contribution in [3.63, 3.8) is 0 Å². The SMILES string of the molecule is O=C(COC(=O)Cn1cnc2ccccc2c1=O)Nc1cccc(C(F)(F)F)c1. The van der Waals surface area contributed by atoms with Gasteiger partial charge in [-0.2, -0.15) is 13.2 Å². The number of ether oxygens (including phenoxy) is 1. The maximum absolute atomic E-state index is 12.7. The van der Waals surface area contributed by atoms with Crippen LogP contribution in [0.15, 0.2) is 59.7 Å². The quantitative estimate of drug-likeness (QED) is 0.659. The van der Waals surface area contributed by atoms with Gasteiger partial charge in [0.25, 0.3) is 11.5 Å². The molecular formula is C19H14F3N3O4. The number of aromatic nitrogens is 2. The van der Waals surface area contributed by atoms with Crippen LogP contribution in [-0.4, -0.2) is 28.0 Å². The summed E-state index contributed by atoms with van der Waals surface area (Å²) in [7, 11) is 0. The van der Waals surface area contributed by atoms with E-state index in [9.17, 15) is 27.6 Å². The molecule has 3 aromatic rings. The van der Waals surface area contributed by atoms with Crippen LogP contribution in [0, 0.1) is 0 Å². The smallest absolute Gasteiger partial charge is 0.416 e. The minimum atomic E-state index is -4.55. The number of benzene rings is 2. The summed E-state index contributed by atoms with van der Waals surface area (Å²) in [6.45, 7) is -1.18. The second-order valence-corrected chi connectivity index (χ2v) is 5.98. The van der Waals surface area contributed by atoms with Gasteiger partial charge in [-0.1, -0.05) is 18.2 Å². The molecule has 1 aromatic heterocycles. The topological polar surface area (TPSA) is 90.3 Å². The van der Waals surface area contributed by atoms with Crippen molar-refractivity contribution in [3.8, 4) is 0 Å². The van der Waals surface area contributed by atoms with Gasteiger partial charge in [0, 0.05) is 5.69 Å². The number of halogens is 3. The number of rotatable bonds is 5. The van der Waals surface area contributed by atoms with Crippen molar-refractivity contribution in [2.24, 2.45) is 0 Å². The molecule has 0 bridgehead atoms. The highest BCUT2D eigenvalue weighted by Gasteiger charge is 2.30. The predicted octanol–water partition coefficient (Wildman–Crippen LogP) is 2.60. The van der Waals surface area contributed by atoms with Gasteiger partial charge in [-0.25, -0.2) is 4.98 Å². The molecular weight excluding hydrogens is 391 g/mol. The third kappa shape index (κ3) is 4.98. The van der Waals surface area contributed by atoms with Crippen molar-refractivity contribution < 1.29 is 27.5 Å². The van der Waals surface area contributed by atoms with Gasteiger partial charge < -0.3 is 10.1 Å². The molecule has 1 amide bonds. The minimum Gasteiger partial charge on any atom is -0.454 e. The molecule has 0 atom stereocenters. The molecule has 0 radical (unpaired) electrons. The van der Waals surface area contributed by atoms with E-state index in [2.05, 4.69) is 10.3 Å². The van der Waals surface area contributed by atoms with E-state index >= 15 is 0 Å². The summed E-state index contributed by atoms with van der Waals surface area (Å²) < 4.78 is 43.9. The zero-order valence-corrected chi connectivity index (χ0v) is 14.8. The largest absolute Gasteiger partial charge is 0.454 e. The average molecular weight is 405 g/mol. The Morgan fingerprint density at radius 2 is 1.86 bits per heavy atom. The van der Waals surface area contributed by atoms with Crippen LogP contribution in [0.4, 0.5) is 18.9 Å². The number of hydrogen-bond donors (Lipinski definition) is 1. The molecule has 150 valence electrons. The fourth-order valence-electron chi connectivity index (χ4n) is 2.52. The van der Waals surface area contributed by atoms with E-state index < -0.39 is 42.3 Å². The van der Waals surface area contributed by atoms with Crippen molar-refractivity contribution in [2.75, 3.05) is 11.9 Å². The Labute approximate surface area is 161 Å². The van der Waals surface area contributed by atoms with Crippen LogP contribution in [0.5, 0.6) is 0 Å². The predicted molar refractivity (Wildman–Crippen MR) is 97.0 cm³/mol. The Kier molecular flexibility index (Phi) is 5.62. The lowest BCUT2D eigenvalue weighted by Gasteiger charge is -2.10. The van der Waals surface area contributed by atoms with E-state index in [-0.39, 0.29) is 5.69 Å². The van der Waals surface area contributed by atoms with E-state index in [0.29, 0.717) is 10.9 Å². The van der Waals surface area contributed by atoms with E-state index in [1.165, 1.54) is 12.4 Å². The summed E-state index contributed by atoms with van der Waals surface area (Å²) in [5, 5.41) is 2.54. The number of fused-ring (bicyclic) bond motifs is 1. The number of esters is 1. The summed E-state index contributed by atoms with van der Waals surface area (Å²) in [5.41, 5.74) is -0.977. The summed E-state index contributed by atoms with van der Waals surface area (Å²) in [5.74, 6) is -1.69. The first-order valence-electron chi connectivity index (χ1n) is 8.31. The van der Waals surface area contributed by atoms with E-state index in [0.717, 1.165) is 22.8 Å². The van der Waals surface area contributed by atoms with Gasteiger partial charge in [-0.15, -0.1) is 0 Å². The van der Waals surface area contributed by atoms with Gasteiger partial charge in [0.05, 0.1) is 22.8 Å². The van der Waals surface area contributed by atoms with Crippen LogP contribution in [-0.2, 0) is 27.0 Å². The number of nitrogens with zero attached hydrogens (tertiary/aromatic N) is 2. The molecule has 0 spiro atoms. The van der Waals surface area contributed by atoms with Crippen LogP contribution in [0.1, 0.15) is 5.56 Å². The van der Waals surface area contributed by atoms with Crippen molar-refractivity contribution in [1.82, 2.24) is 9.55 Å². The standard InChI is InChI=1S/C19H14F3N3O4/c20-19(21,22)12-4-3-5-13(8-12)24-16(26)10-29-17(27)9-25-11-23-15-7-2-1-6-14(15)18(25)28/h1-8,11H,9-10H2,(H,24,26). The Morgan fingerprint density at radius 3 is 2.62 bits per heavy atom. The van der Waals surface area contributed by atoms with Crippen molar-refractivity contribution >= 4 is 28.5 Å². The zero-order valence-electron chi connectivity index (χ0n) is 14.8. The molecule has 1 heterocycles. The van der Waals surface area contributed by atoms with Crippen LogP contribution in [0.2, 0.25) is 0 Å². The van der Waals surface area contributed by atoms with E-state index in [1.807, 2.05) is 0 Å².